The second kappa shape index (κ2) is 10.2. The van der Waals surface area contributed by atoms with E-state index in [0.29, 0.717) is 0 Å². The minimum Gasteiger partial charge on any atom is -0.380 e. The van der Waals surface area contributed by atoms with Crippen LogP contribution in [0.3, 0.4) is 0 Å². The summed E-state index contributed by atoms with van der Waals surface area (Å²) in [5.74, 6) is 1.51. The smallest absolute Gasteiger partial charge is 0.0590 e. The van der Waals surface area contributed by atoms with Gasteiger partial charge in [0.05, 0.1) is 6.61 Å². The van der Waals surface area contributed by atoms with Crippen molar-refractivity contribution < 1.29 is 8.95 Å². The van der Waals surface area contributed by atoms with Crippen LogP contribution in [0.2, 0.25) is 0 Å². The Morgan fingerprint density at radius 2 is 2.00 bits per heavy atom. The molecule has 0 aliphatic heterocycles. The molecule has 0 aromatic carbocycles. The highest BCUT2D eigenvalue weighted by atomic mass is 32.2. The average molecular weight is 207 g/mol. The van der Waals surface area contributed by atoms with Crippen LogP contribution in [-0.4, -0.2) is 42.0 Å². The molecule has 1 atom stereocenters. The van der Waals surface area contributed by atoms with Gasteiger partial charge in [0.25, 0.3) is 0 Å². The van der Waals surface area contributed by atoms with Crippen LogP contribution in [0.25, 0.3) is 0 Å². The first-order valence-electron chi connectivity index (χ1n) is 4.94. The van der Waals surface area contributed by atoms with Gasteiger partial charge in [-0.2, -0.15) is 0 Å². The molecule has 0 saturated carbocycles. The van der Waals surface area contributed by atoms with Crippen LogP contribution < -0.4 is 5.32 Å². The van der Waals surface area contributed by atoms with E-state index in [1.54, 1.807) is 0 Å². The summed E-state index contributed by atoms with van der Waals surface area (Å²) in [5.41, 5.74) is 0. The minimum atomic E-state index is -0.639. The van der Waals surface area contributed by atoms with Crippen molar-refractivity contribution in [2.75, 3.05) is 37.8 Å². The van der Waals surface area contributed by atoms with Crippen molar-refractivity contribution in [2.45, 2.75) is 20.3 Å². The fourth-order valence-corrected chi connectivity index (χ4v) is 1.51. The van der Waals surface area contributed by atoms with Crippen molar-refractivity contribution in [1.29, 1.82) is 0 Å². The number of hydrogen-bond donors (Lipinski definition) is 1. The Morgan fingerprint density at radius 1 is 1.23 bits per heavy atom. The first-order chi connectivity index (χ1) is 6.31. The normalized spacial score (nSPS) is 13.1. The Balaban J connectivity index is 2.95. The Kier molecular flexibility index (Phi) is 10.2. The van der Waals surface area contributed by atoms with Gasteiger partial charge in [0, 0.05) is 42.0 Å². The predicted molar refractivity (Wildman–Crippen MR) is 57.5 cm³/mol. The second-order valence-corrected chi connectivity index (χ2v) is 4.66. The van der Waals surface area contributed by atoms with Crippen LogP contribution >= 0.6 is 0 Å². The van der Waals surface area contributed by atoms with Crippen molar-refractivity contribution >= 4 is 10.8 Å². The summed E-state index contributed by atoms with van der Waals surface area (Å²) in [6, 6.07) is 0. The molecule has 0 bridgehead atoms. The lowest BCUT2D eigenvalue weighted by molar-refractivity contribution is 0.137. The molecule has 1 unspecified atom stereocenters. The molecule has 1 N–H and O–H groups in total. The number of rotatable bonds is 9. The van der Waals surface area contributed by atoms with Crippen molar-refractivity contribution in [3.8, 4) is 0 Å². The van der Waals surface area contributed by atoms with Crippen molar-refractivity contribution in [1.82, 2.24) is 5.32 Å². The van der Waals surface area contributed by atoms with Gasteiger partial charge in [-0.25, -0.2) is 0 Å². The molecule has 0 spiro atoms. The fraction of sp³-hybridized carbons (Fsp3) is 1.00. The first-order valence-corrected chi connectivity index (χ1v) is 6.43. The lowest BCUT2D eigenvalue weighted by atomic mass is 10.5. The van der Waals surface area contributed by atoms with E-state index in [2.05, 4.69) is 12.2 Å². The highest BCUT2D eigenvalue weighted by Crippen LogP contribution is 1.80. The van der Waals surface area contributed by atoms with E-state index in [9.17, 15) is 4.21 Å². The Bertz CT molecular complexity index is 131. The van der Waals surface area contributed by atoms with Crippen LogP contribution in [0.15, 0.2) is 0 Å². The van der Waals surface area contributed by atoms with Crippen LogP contribution in [0.1, 0.15) is 20.3 Å². The van der Waals surface area contributed by atoms with Crippen LogP contribution in [0.4, 0.5) is 0 Å². The zero-order valence-corrected chi connectivity index (χ0v) is 9.49. The molecule has 80 valence electrons. The summed E-state index contributed by atoms with van der Waals surface area (Å²) >= 11 is 0. The van der Waals surface area contributed by atoms with Gasteiger partial charge < -0.3 is 10.1 Å². The van der Waals surface area contributed by atoms with E-state index in [-0.39, 0.29) is 0 Å². The third-order valence-corrected chi connectivity index (χ3v) is 2.90. The van der Waals surface area contributed by atoms with Gasteiger partial charge >= 0.3 is 0 Å². The maximum atomic E-state index is 11.0. The minimum absolute atomic E-state index is 0.639. The molecular weight excluding hydrogens is 186 g/mol. The van der Waals surface area contributed by atoms with Crippen LogP contribution in [0.5, 0.6) is 0 Å². The monoisotopic (exact) mass is 207 g/mol. The fourth-order valence-electron chi connectivity index (χ4n) is 0.846. The van der Waals surface area contributed by atoms with E-state index >= 15 is 0 Å². The van der Waals surface area contributed by atoms with Gasteiger partial charge in [0.1, 0.15) is 0 Å². The van der Waals surface area contributed by atoms with E-state index in [1.807, 2.05) is 6.92 Å². The van der Waals surface area contributed by atoms with Gasteiger partial charge in [0.15, 0.2) is 0 Å². The maximum Gasteiger partial charge on any atom is 0.0590 e. The van der Waals surface area contributed by atoms with Crippen molar-refractivity contribution in [3.05, 3.63) is 0 Å². The van der Waals surface area contributed by atoms with E-state index < -0.39 is 10.8 Å². The average Bonchev–Trinajstić information content (AvgIpc) is 2.16. The van der Waals surface area contributed by atoms with E-state index in [1.165, 1.54) is 0 Å². The molecule has 0 aliphatic carbocycles. The molecule has 4 heteroatoms. The topological polar surface area (TPSA) is 38.3 Å². The van der Waals surface area contributed by atoms with E-state index in [0.717, 1.165) is 44.2 Å². The Hall–Kier alpha value is 0.0700. The quantitative estimate of drug-likeness (QED) is 0.568. The summed E-state index contributed by atoms with van der Waals surface area (Å²) in [4.78, 5) is 0. The molecule has 0 radical (unpaired) electrons. The lowest BCUT2D eigenvalue weighted by Gasteiger charge is -2.04. The second-order valence-electron chi connectivity index (χ2n) is 2.79. The van der Waals surface area contributed by atoms with Gasteiger partial charge in [-0.05, 0) is 6.42 Å². The summed E-state index contributed by atoms with van der Waals surface area (Å²) in [6.07, 6.45) is 1.07. The highest BCUT2D eigenvalue weighted by Gasteiger charge is 1.94. The molecule has 0 saturated heterocycles. The van der Waals surface area contributed by atoms with Gasteiger partial charge in [-0.1, -0.05) is 13.8 Å². The third kappa shape index (κ3) is 9.99. The predicted octanol–water partition coefficient (Wildman–Crippen LogP) is 0.771. The molecule has 0 aromatic rings. The van der Waals surface area contributed by atoms with E-state index in [4.69, 9.17) is 4.74 Å². The number of ether oxygens (including phenoxy) is 1. The van der Waals surface area contributed by atoms with Crippen LogP contribution in [-0.2, 0) is 15.5 Å². The standard InChI is InChI=1S/C9H21NO2S/c1-3-7-12-8-5-10-6-9-13(11)4-2/h10H,3-9H2,1-2H3. The molecular formula is C9H21NO2S. The van der Waals surface area contributed by atoms with Gasteiger partial charge in [-0.3, -0.25) is 4.21 Å². The summed E-state index contributed by atoms with van der Waals surface area (Å²) in [5, 5.41) is 3.19. The summed E-state index contributed by atoms with van der Waals surface area (Å²) in [6.45, 7) is 7.32. The molecule has 13 heavy (non-hydrogen) atoms. The molecule has 0 aromatic heterocycles. The first kappa shape index (κ1) is 13.1. The molecule has 3 nitrogen and oxygen atoms in total. The number of hydrogen-bond acceptors (Lipinski definition) is 3. The molecule has 0 amide bonds. The lowest BCUT2D eigenvalue weighted by Crippen LogP contribution is -2.25. The summed E-state index contributed by atoms with van der Waals surface area (Å²) in [7, 11) is -0.639. The largest absolute Gasteiger partial charge is 0.380 e. The maximum absolute atomic E-state index is 11.0. The Labute approximate surface area is 83.7 Å². The van der Waals surface area contributed by atoms with Gasteiger partial charge in [-0.15, -0.1) is 0 Å². The van der Waals surface area contributed by atoms with Crippen molar-refractivity contribution in [2.24, 2.45) is 0 Å². The molecule has 0 aliphatic rings. The zero-order chi connectivity index (χ0) is 9.94. The zero-order valence-electron chi connectivity index (χ0n) is 8.67. The van der Waals surface area contributed by atoms with Gasteiger partial charge in [0.2, 0.25) is 0 Å². The molecule has 0 heterocycles. The summed E-state index contributed by atoms with van der Waals surface area (Å²) < 4.78 is 16.3. The number of nitrogens with one attached hydrogen (secondary N) is 1. The van der Waals surface area contributed by atoms with Crippen LogP contribution in [0, 0.1) is 0 Å². The third-order valence-electron chi connectivity index (χ3n) is 1.60. The molecule has 0 rings (SSSR count). The SMILES string of the molecule is CCCOCCNCCS(=O)CC. The highest BCUT2D eigenvalue weighted by molar-refractivity contribution is 7.84. The molecule has 0 fully saturated rings. The Morgan fingerprint density at radius 3 is 2.62 bits per heavy atom. The van der Waals surface area contributed by atoms with Crippen molar-refractivity contribution in [3.63, 3.8) is 0 Å².